The van der Waals surface area contributed by atoms with Crippen molar-refractivity contribution in [3.05, 3.63) is 83.4 Å². The van der Waals surface area contributed by atoms with Crippen LogP contribution in [0.3, 0.4) is 0 Å². The summed E-state index contributed by atoms with van der Waals surface area (Å²) in [6.07, 6.45) is 0. The van der Waals surface area contributed by atoms with E-state index in [0.29, 0.717) is 16.8 Å². The number of ether oxygens (including phenoxy) is 1. The number of carbonyl (C=O) groups is 1. The average Bonchev–Trinajstić information content (AvgIpc) is 2.68. The summed E-state index contributed by atoms with van der Waals surface area (Å²) < 4.78 is 32.7. The Morgan fingerprint density at radius 2 is 1.55 bits per heavy atom. The van der Waals surface area contributed by atoms with Crippen molar-refractivity contribution in [2.24, 2.45) is 0 Å². The van der Waals surface area contributed by atoms with Crippen molar-refractivity contribution in [1.29, 1.82) is 0 Å². The first-order valence-electron chi connectivity index (χ1n) is 8.85. The third kappa shape index (κ3) is 5.14. The summed E-state index contributed by atoms with van der Waals surface area (Å²) >= 11 is 0. The van der Waals surface area contributed by atoms with Gasteiger partial charge in [0.1, 0.15) is 5.75 Å². The standard InChI is InChI=1S/C22H21NO5S/c1-15-13-16(3-12-21(15)22(24)25)14-29(26,27)23-19-8-4-17(5-9-19)18-6-10-20(28-2)11-7-18/h3-13,23H,14H2,1-2H3,(H,24,25). The van der Waals surface area contributed by atoms with Crippen LogP contribution in [-0.2, 0) is 15.8 Å². The van der Waals surface area contributed by atoms with Crippen molar-refractivity contribution >= 4 is 21.7 Å². The lowest BCUT2D eigenvalue weighted by molar-refractivity contribution is 0.0696. The molecule has 0 saturated carbocycles. The molecule has 150 valence electrons. The van der Waals surface area contributed by atoms with Crippen LogP contribution in [0.1, 0.15) is 21.5 Å². The fraction of sp³-hybridized carbons (Fsp3) is 0.136. The van der Waals surface area contributed by atoms with Gasteiger partial charge in [-0.3, -0.25) is 4.72 Å². The van der Waals surface area contributed by atoms with E-state index < -0.39 is 16.0 Å². The highest BCUT2D eigenvalue weighted by molar-refractivity contribution is 7.91. The number of sulfonamides is 1. The highest BCUT2D eigenvalue weighted by Crippen LogP contribution is 2.24. The number of aromatic carboxylic acids is 1. The van der Waals surface area contributed by atoms with Crippen LogP contribution >= 0.6 is 0 Å². The van der Waals surface area contributed by atoms with E-state index in [1.807, 2.05) is 36.4 Å². The number of anilines is 1. The first-order valence-corrected chi connectivity index (χ1v) is 10.5. The summed E-state index contributed by atoms with van der Waals surface area (Å²) in [4.78, 5) is 11.1. The Balaban J connectivity index is 1.71. The van der Waals surface area contributed by atoms with E-state index in [1.54, 1.807) is 32.2 Å². The van der Waals surface area contributed by atoms with Crippen LogP contribution in [0.2, 0.25) is 0 Å². The Morgan fingerprint density at radius 1 is 0.966 bits per heavy atom. The second-order valence-corrected chi connectivity index (χ2v) is 8.34. The van der Waals surface area contributed by atoms with Gasteiger partial charge in [-0.15, -0.1) is 0 Å². The molecule has 0 saturated heterocycles. The molecule has 3 aromatic carbocycles. The third-order valence-electron chi connectivity index (χ3n) is 4.46. The maximum absolute atomic E-state index is 12.5. The smallest absolute Gasteiger partial charge is 0.335 e. The molecule has 0 spiro atoms. The number of nitrogens with one attached hydrogen (secondary N) is 1. The number of methoxy groups -OCH3 is 1. The Kier molecular flexibility index (Phi) is 5.89. The molecule has 0 heterocycles. The maximum Gasteiger partial charge on any atom is 0.335 e. The number of carboxylic acids is 1. The molecule has 0 aliphatic carbocycles. The Hall–Kier alpha value is -3.32. The van der Waals surface area contributed by atoms with Crippen molar-refractivity contribution in [2.45, 2.75) is 12.7 Å². The molecule has 29 heavy (non-hydrogen) atoms. The fourth-order valence-electron chi connectivity index (χ4n) is 3.00. The van der Waals surface area contributed by atoms with Crippen LogP contribution < -0.4 is 9.46 Å². The van der Waals surface area contributed by atoms with E-state index in [-0.39, 0.29) is 11.3 Å². The molecular weight excluding hydrogens is 390 g/mol. The van der Waals surface area contributed by atoms with Crippen LogP contribution in [0, 0.1) is 6.92 Å². The number of hydrogen-bond acceptors (Lipinski definition) is 4. The number of aryl methyl sites for hydroxylation is 1. The van der Waals surface area contributed by atoms with Crippen LogP contribution in [0.5, 0.6) is 5.75 Å². The molecule has 0 bridgehead atoms. The van der Waals surface area contributed by atoms with E-state index in [0.717, 1.165) is 16.9 Å². The summed E-state index contributed by atoms with van der Waals surface area (Å²) in [7, 11) is -2.03. The van der Waals surface area contributed by atoms with Gasteiger partial charge in [-0.05, 0) is 59.5 Å². The molecule has 0 aromatic heterocycles. The van der Waals surface area contributed by atoms with Gasteiger partial charge in [0.05, 0.1) is 18.4 Å². The summed E-state index contributed by atoms with van der Waals surface area (Å²) in [6, 6.07) is 19.2. The molecule has 0 unspecified atom stereocenters. The van der Waals surface area contributed by atoms with Gasteiger partial charge in [-0.1, -0.05) is 36.4 Å². The quantitative estimate of drug-likeness (QED) is 0.604. The van der Waals surface area contributed by atoms with Crippen LogP contribution in [0.15, 0.2) is 66.7 Å². The van der Waals surface area contributed by atoms with Gasteiger partial charge in [0, 0.05) is 5.69 Å². The summed E-state index contributed by atoms with van der Waals surface area (Å²) in [5.41, 5.74) is 3.61. The van der Waals surface area contributed by atoms with Gasteiger partial charge in [-0.2, -0.15) is 0 Å². The number of carboxylic acid groups (broad SMARTS) is 1. The Bertz CT molecular complexity index is 1120. The zero-order valence-electron chi connectivity index (χ0n) is 16.0. The largest absolute Gasteiger partial charge is 0.497 e. The minimum Gasteiger partial charge on any atom is -0.497 e. The lowest BCUT2D eigenvalue weighted by Gasteiger charge is -2.10. The molecule has 3 aromatic rings. The first-order chi connectivity index (χ1) is 13.8. The van der Waals surface area contributed by atoms with Crippen molar-refractivity contribution in [3.63, 3.8) is 0 Å². The molecule has 0 aliphatic heterocycles. The minimum absolute atomic E-state index is 0.160. The first kappa shape index (κ1) is 20.4. The molecule has 0 fully saturated rings. The molecule has 6 nitrogen and oxygen atoms in total. The maximum atomic E-state index is 12.5. The third-order valence-corrected chi connectivity index (χ3v) is 5.72. The second kappa shape index (κ2) is 8.36. The number of rotatable bonds is 7. The molecular formula is C22H21NO5S. The molecule has 0 aliphatic rings. The number of benzene rings is 3. The highest BCUT2D eigenvalue weighted by Gasteiger charge is 2.14. The van der Waals surface area contributed by atoms with Crippen LogP contribution in [0.4, 0.5) is 5.69 Å². The van der Waals surface area contributed by atoms with E-state index in [9.17, 15) is 13.2 Å². The van der Waals surface area contributed by atoms with Gasteiger partial charge in [0.25, 0.3) is 0 Å². The monoisotopic (exact) mass is 411 g/mol. The zero-order chi connectivity index (χ0) is 21.0. The highest BCUT2D eigenvalue weighted by atomic mass is 32.2. The predicted molar refractivity (Wildman–Crippen MR) is 113 cm³/mol. The van der Waals surface area contributed by atoms with Crippen molar-refractivity contribution < 1.29 is 23.1 Å². The van der Waals surface area contributed by atoms with Gasteiger partial charge in [0.2, 0.25) is 10.0 Å². The second-order valence-electron chi connectivity index (χ2n) is 6.62. The van der Waals surface area contributed by atoms with Gasteiger partial charge in [0.15, 0.2) is 0 Å². The van der Waals surface area contributed by atoms with Crippen molar-refractivity contribution in [1.82, 2.24) is 0 Å². The molecule has 3 rings (SSSR count). The van der Waals surface area contributed by atoms with Crippen LogP contribution in [0.25, 0.3) is 11.1 Å². The van der Waals surface area contributed by atoms with Crippen molar-refractivity contribution in [3.8, 4) is 16.9 Å². The average molecular weight is 411 g/mol. The normalized spacial score (nSPS) is 11.1. The topological polar surface area (TPSA) is 92.7 Å². The number of hydrogen-bond donors (Lipinski definition) is 2. The lowest BCUT2D eigenvalue weighted by Crippen LogP contribution is -2.15. The summed E-state index contributed by atoms with van der Waals surface area (Å²) in [6.45, 7) is 1.64. The van der Waals surface area contributed by atoms with Gasteiger partial charge < -0.3 is 9.84 Å². The fourth-order valence-corrected chi connectivity index (χ4v) is 4.19. The van der Waals surface area contributed by atoms with Crippen LogP contribution in [-0.4, -0.2) is 26.6 Å². The van der Waals surface area contributed by atoms with Gasteiger partial charge in [-0.25, -0.2) is 13.2 Å². The molecule has 0 atom stereocenters. The lowest BCUT2D eigenvalue weighted by atomic mass is 10.1. The predicted octanol–water partition coefficient (Wildman–Crippen LogP) is 4.31. The van der Waals surface area contributed by atoms with E-state index >= 15 is 0 Å². The Labute approximate surface area is 169 Å². The van der Waals surface area contributed by atoms with E-state index in [1.165, 1.54) is 12.1 Å². The summed E-state index contributed by atoms with van der Waals surface area (Å²) in [5.74, 6) is -0.509. The molecule has 7 heteroatoms. The van der Waals surface area contributed by atoms with E-state index in [2.05, 4.69) is 4.72 Å². The SMILES string of the molecule is COc1ccc(-c2ccc(NS(=O)(=O)Cc3ccc(C(=O)O)c(C)c3)cc2)cc1. The van der Waals surface area contributed by atoms with Crippen molar-refractivity contribution in [2.75, 3.05) is 11.8 Å². The zero-order valence-corrected chi connectivity index (χ0v) is 16.9. The molecule has 0 radical (unpaired) electrons. The Morgan fingerprint density at radius 3 is 2.07 bits per heavy atom. The summed E-state index contributed by atoms with van der Waals surface area (Å²) in [5, 5.41) is 9.08. The van der Waals surface area contributed by atoms with Gasteiger partial charge >= 0.3 is 5.97 Å². The minimum atomic E-state index is -3.64. The van der Waals surface area contributed by atoms with E-state index in [4.69, 9.17) is 9.84 Å². The molecule has 2 N–H and O–H groups in total. The molecule has 0 amide bonds.